The van der Waals surface area contributed by atoms with E-state index >= 15 is 0 Å². The first kappa shape index (κ1) is 46.3. The molecule has 17 nitrogen and oxygen atoms in total. The van der Waals surface area contributed by atoms with Crippen LogP contribution in [0.2, 0.25) is 0 Å². The minimum atomic E-state index is -1.39. The van der Waals surface area contributed by atoms with E-state index in [-0.39, 0.29) is 25.3 Å². The molecule has 7 amide bonds. The minimum absolute atomic E-state index is 0.0268. The van der Waals surface area contributed by atoms with Crippen LogP contribution < -0.4 is 43.4 Å². The molecule has 53 heavy (non-hydrogen) atoms. The van der Waals surface area contributed by atoms with Gasteiger partial charge in [0.2, 0.25) is 41.4 Å². The Morgan fingerprint density at radius 2 is 1.36 bits per heavy atom. The number of thioether (sulfide) groups is 1. The number of nitrogens with one attached hydrogen (secondary N) is 6. The maximum atomic E-state index is 13.6. The highest BCUT2D eigenvalue weighted by molar-refractivity contribution is 7.98. The lowest BCUT2D eigenvalue weighted by molar-refractivity contribution is -0.139. The fourth-order valence-corrected chi connectivity index (χ4v) is 5.45. The van der Waals surface area contributed by atoms with Crippen LogP contribution in [0.4, 0.5) is 0 Å². The van der Waals surface area contributed by atoms with Gasteiger partial charge in [0.15, 0.2) is 0 Å². The predicted molar refractivity (Wildman–Crippen MR) is 200 cm³/mol. The van der Waals surface area contributed by atoms with Crippen molar-refractivity contribution in [2.45, 2.75) is 103 Å². The molecular weight excluding hydrogens is 708 g/mol. The first-order valence-corrected chi connectivity index (χ1v) is 18.8. The lowest BCUT2D eigenvalue weighted by atomic mass is 10.0. The van der Waals surface area contributed by atoms with Crippen molar-refractivity contribution in [2.75, 3.05) is 18.6 Å². The van der Waals surface area contributed by atoms with Crippen LogP contribution in [0.5, 0.6) is 0 Å². The summed E-state index contributed by atoms with van der Waals surface area (Å²) in [5.74, 6) is -5.71. The predicted octanol–water partition coefficient (Wildman–Crippen LogP) is -1.08. The molecule has 0 aliphatic heterocycles. The molecule has 1 aromatic rings. The van der Waals surface area contributed by atoms with Crippen molar-refractivity contribution in [1.82, 2.24) is 31.9 Å². The summed E-state index contributed by atoms with van der Waals surface area (Å²) >= 11 is 1.50. The van der Waals surface area contributed by atoms with Gasteiger partial charge in [-0.1, -0.05) is 58.0 Å². The van der Waals surface area contributed by atoms with Crippen molar-refractivity contribution in [3.05, 3.63) is 35.9 Å². The molecule has 0 saturated carbocycles. The number of rotatable bonds is 24. The van der Waals surface area contributed by atoms with Gasteiger partial charge >= 0.3 is 5.97 Å². The van der Waals surface area contributed by atoms with E-state index in [9.17, 15) is 38.4 Å². The van der Waals surface area contributed by atoms with Crippen LogP contribution in [-0.2, 0) is 44.8 Å². The standard InChI is InChI=1S/C35H56N8O9S/c1-19(2)16-25(33(50)41-24(30(37)47)13-15-53-6)40-27(44)12-14-38-35(52)29(20(3)4)43-34(51)26(17-22-10-8-7-9-11-22)42-31(48)21(5)39-32(49)23(36)18-28(45)46/h7-11,19-21,23-26,29H,12-18,36H2,1-6H3,(H2,37,47)(H,38,52)(H,39,49)(H,40,44)(H,41,50)(H,42,48)(H,43,51)(H,45,46)/t21-,23+,24-,25-,26-,29+/m0/s1. The molecule has 0 heterocycles. The third-order valence-corrected chi connectivity index (χ3v) is 8.57. The molecule has 18 heteroatoms. The molecule has 0 spiro atoms. The van der Waals surface area contributed by atoms with Crippen molar-refractivity contribution in [3.8, 4) is 0 Å². The van der Waals surface area contributed by atoms with Crippen LogP contribution in [0.25, 0.3) is 0 Å². The number of carboxylic acids is 1. The number of carbonyl (C=O) groups excluding carboxylic acids is 7. The third kappa shape index (κ3) is 18.1. The van der Waals surface area contributed by atoms with Crippen molar-refractivity contribution in [3.63, 3.8) is 0 Å². The van der Waals surface area contributed by atoms with E-state index in [1.54, 1.807) is 44.2 Å². The summed E-state index contributed by atoms with van der Waals surface area (Å²) < 4.78 is 0. The maximum Gasteiger partial charge on any atom is 0.305 e. The Bertz CT molecular complexity index is 1410. The Balaban J connectivity index is 2.95. The number of benzene rings is 1. The van der Waals surface area contributed by atoms with Crippen molar-refractivity contribution >= 4 is 59.1 Å². The summed E-state index contributed by atoms with van der Waals surface area (Å²) in [6.45, 7) is 8.38. The lowest BCUT2D eigenvalue weighted by Gasteiger charge is -2.26. The summed E-state index contributed by atoms with van der Waals surface area (Å²) in [7, 11) is 0. The highest BCUT2D eigenvalue weighted by atomic mass is 32.2. The zero-order valence-corrected chi connectivity index (χ0v) is 32.0. The van der Waals surface area contributed by atoms with E-state index in [2.05, 4.69) is 31.9 Å². The fourth-order valence-electron chi connectivity index (χ4n) is 4.98. The zero-order valence-electron chi connectivity index (χ0n) is 31.2. The van der Waals surface area contributed by atoms with Crippen LogP contribution in [0, 0.1) is 11.8 Å². The van der Waals surface area contributed by atoms with Crippen molar-refractivity contribution in [2.24, 2.45) is 23.3 Å². The molecule has 1 aromatic carbocycles. The second kappa shape index (κ2) is 23.8. The Morgan fingerprint density at radius 3 is 1.91 bits per heavy atom. The van der Waals surface area contributed by atoms with Gasteiger partial charge in [-0.05, 0) is 49.2 Å². The average molecular weight is 765 g/mol. The first-order valence-electron chi connectivity index (χ1n) is 17.4. The molecule has 0 aliphatic carbocycles. The SMILES string of the molecule is CSCC[C@H](NC(=O)[C@H](CC(C)C)NC(=O)CCNC(=O)[C@H](NC(=O)[C@H](Cc1ccccc1)NC(=O)[C@H](C)NC(=O)[C@H](N)CC(=O)O)C(C)C)C(N)=O. The molecule has 0 radical (unpaired) electrons. The quantitative estimate of drug-likeness (QED) is 0.0611. The van der Waals surface area contributed by atoms with Gasteiger partial charge < -0.3 is 48.5 Å². The molecule has 1 rings (SSSR count). The topological polar surface area (TPSA) is 281 Å². The number of hydrogen-bond acceptors (Lipinski definition) is 10. The molecular formula is C35H56N8O9S. The van der Waals surface area contributed by atoms with E-state index in [1.807, 2.05) is 20.1 Å². The van der Waals surface area contributed by atoms with E-state index in [1.165, 1.54) is 18.7 Å². The van der Waals surface area contributed by atoms with Gasteiger partial charge in [0.1, 0.15) is 30.2 Å². The normalized spacial score (nSPS) is 14.4. The van der Waals surface area contributed by atoms with Gasteiger partial charge in [-0.3, -0.25) is 38.4 Å². The van der Waals surface area contributed by atoms with E-state index in [0.29, 0.717) is 24.2 Å². The third-order valence-electron chi connectivity index (χ3n) is 7.93. The maximum absolute atomic E-state index is 13.6. The van der Waals surface area contributed by atoms with Gasteiger partial charge in [0, 0.05) is 19.4 Å². The number of carbonyl (C=O) groups is 8. The summed E-state index contributed by atoms with van der Waals surface area (Å²) in [5, 5.41) is 24.4. The molecule has 0 aromatic heterocycles. The minimum Gasteiger partial charge on any atom is -0.481 e. The number of aliphatic carboxylic acids is 1. The summed E-state index contributed by atoms with van der Waals surface area (Å²) in [4.78, 5) is 101. The Labute approximate surface area is 314 Å². The zero-order chi connectivity index (χ0) is 40.2. The van der Waals surface area contributed by atoms with E-state index in [0.717, 1.165) is 0 Å². The molecule has 6 atom stereocenters. The summed E-state index contributed by atoms with van der Waals surface area (Å²) in [6.07, 6.45) is 1.70. The van der Waals surface area contributed by atoms with Crippen LogP contribution in [0.3, 0.4) is 0 Å². The second-order valence-electron chi connectivity index (χ2n) is 13.5. The lowest BCUT2D eigenvalue weighted by Crippen LogP contribution is -2.58. The van der Waals surface area contributed by atoms with Gasteiger partial charge in [-0.2, -0.15) is 11.8 Å². The molecule has 0 bridgehead atoms. The van der Waals surface area contributed by atoms with Crippen LogP contribution in [0.1, 0.15) is 65.9 Å². The number of hydrogen-bond donors (Lipinski definition) is 9. The molecule has 0 unspecified atom stereocenters. The number of amides is 7. The summed E-state index contributed by atoms with van der Waals surface area (Å²) in [5.41, 5.74) is 11.7. The van der Waals surface area contributed by atoms with E-state index in [4.69, 9.17) is 16.6 Å². The highest BCUT2D eigenvalue weighted by Crippen LogP contribution is 2.09. The molecule has 0 fully saturated rings. The number of primary amides is 1. The van der Waals surface area contributed by atoms with Crippen LogP contribution in [0.15, 0.2) is 30.3 Å². The van der Waals surface area contributed by atoms with Crippen molar-refractivity contribution < 1.29 is 43.5 Å². The second-order valence-corrected chi connectivity index (χ2v) is 14.4. The number of carboxylic acid groups (broad SMARTS) is 1. The Morgan fingerprint density at radius 1 is 0.755 bits per heavy atom. The molecule has 11 N–H and O–H groups in total. The summed E-state index contributed by atoms with van der Waals surface area (Å²) in [6, 6.07) is 2.13. The van der Waals surface area contributed by atoms with Crippen molar-refractivity contribution in [1.29, 1.82) is 0 Å². The number of nitrogens with two attached hydrogens (primary N) is 2. The Hall–Kier alpha value is -4.71. The average Bonchev–Trinajstić information content (AvgIpc) is 3.07. The monoisotopic (exact) mass is 764 g/mol. The van der Waals surface area contributed by atoms with Gasteiger partial charge in [0.05, 0.1) is 12.5 Å². The molecule has 0 saturated heterocycles. The smallest absolute Gasteiger partial charge is 0.305 e. The van der Waals surface area contributed by atoms with E-state index < -0.39 is 95.9 Å². The van der Waals surface area contributed by atoms with Crippen LogP contribution >= 0.6 is 11.8 Å². The van der Waals surface area contributed by atoms with Crippen LogP contribution in [-0.4, -0.2) is 107 Å². The van der Waals surface area contributed by atoms with Gasteiger partial charge in [-0.25, -0.2) is 0 Å². The highest BCUT2D eigenvalue weighted by Gasteiger charge is 2.31. The molecule has 0 aliphatic rings. The first-order chi connectivity index (χ1) is 24.9. The van der Waals surface area contributed by atoms with Gasteiger partial charge in [-0.15, -0.1) is 0 Å². The molecule has 296 valence electrons. The Kier molecular flexibility index (Phi) is 20.8. The fraction of sp³-hybridized carbons (Fsp3) is 0.600. The van der Waals surface area contributed by atoms with Gasteiger partial charge in [0.25, 0.3) is 0 Å². The largest absolute Gasteiger partial charge is 0.481 e.